The second kappa shape index (κ2) is 10.5. The minimum absolute atomic E-state index is 0.00758. The van der Waals surface area contributed by atoms with Gasteiger partial charge >= 0.3 is 6.18 Å². The molecule has 2 amide bonds. The summed E-state index contributed by atoms with van der Waals surface area (Å²) in [5.41, 5.74) is 5.49. The van der Waals surface area contributed by atoms with Gasteiger partial charge < -0.3 is 15.5 Å². The number of halogens is 3. The maximum absolute atomic E-state index is 13.8. The summed E-state index contributed by atoms with van der Waals surface area (Å²) in [5, 5.41) is 7.20. The second-order valence-corrected chi connectivity index (χ2v) is 10.4. The van der Waals surface area contributed by atoms with Crippen molar-refractivity contribution in [2.24, 2.45) is 5.73 Å². The summed E-state index contributed by atoms with van der Waals surface area (Å²) in [6.07, 6.45) is 0.295. The Morgan fingerprint density at radius 3 is 2.56 bits per heavy atom. The number of likely N-dealkylation sites (tertiary alicyclic amines) is 1. The van der Waals surface area contributed by atoms with Gasteiger partial charge in [0.2, 0.25) is 0 Å². The Balaban J connectivity index is 1.58. The molecule has 5 heterocycles. The molecule has 1 aliphatic heterocycles. The van der Waals surface area contributed by atoms with E-state index in [1.807, 2.05) is 6.92 Å². The number of amides is 2. The van der Waals surface area contributed by atoms with Crippen LogP contribution in [0.25, 0.3) is 21.3 Å². The van der Waals surface area contributed by atoms with E-state index in [0.29, 0.717) is 41.4 Å². The quantitative estimate of drug-likeness (QED) is 0.311. The van der Waals surface area contributed by atoms with Crippen molar-refractivity contribution in [1.29, 1.82) is 0 Å². The summed E-state index contributed by atoms with van der Waals surface area (Å²) in [6, 6.07) is 4.15. The Bertz CT molecular complexity index is 1550. The summed E-state index contributed by atoms with van der Waals surface area (Å²) in [7, 11) is 0. The number of alkyl halides is 3. The average molecular weight is 561 g/mol. The summed E-state index contributed by atoms with van der Waals surface area (Å²) < 4.78 is 48.8. The molecule has 1 saturated heterocycles. The Hall–Kier alpha value is -3.71. The Labute approximate surface area is 225 Å². The first kappa shape index (κ1) is 26.9. The molecule has 39 heavy (non-hydrogen) atoms. The van der Waals surface area contributed by atoms with Crippen molar-refractivity contribution in [2.45, 2.75) is 52.4 Å². The molecule has 1 fully saturated rings. The molecule has 0 atom stereocenters. The van der Waals surface area contributed by atoms with Gasteiger partial charge in [0.15, 0.2) is 5.76 Å². The number of nitrogens with one attached hydrogen (secondary N) is 1. The molecule has 0 unspecified atom stereocenters. The molecular weight excluding hydrogens is 533 g/mol. The number of fused-ring (bicyclic) bond motifs is 1. The smallest absolute Gasteiger partial charge is 0.433 e. The molecule has 0 aliphatic carbocycles. The van der Waals surface area contributed by atoms with E-state index in [0.717, 1.165) is 32.0 Å². The Kier molecular flexibility index (Phi) is 7.21. The number of carbonyl (C=O) groups excluding carboxylic acids is 2. The number of pyridine rings is 1. The number of carbonyl (C=O) groups is 2. The van der Waals surface area contributed by atoms with Crippen LogP contribution in [0.4, 0.5) is 18.9 Å². The third-order valence-corrected chi connectivity index (χ3v) is 7.79. The maximum Gasteiger partial charge on any atom is 0.433 e. The minimum atomic E-state index is -4.74. The number of aromatic nitrogens is 3. The van der Waals surface area contributed by atoms with Crippen molar-refractivity contribution in [2.75, 3.05) is 18.4 Å². The number of nitrogens with two attached hydrogens (primary N) is 1. The van der Waals surface area contributed by atoms with Crippen LogP contribution >= 0.6 is 11.3 Å². The molecule has 4 aromatic rings. The van der Waals surface area contributed by atoms with Crippen molar-refractivity contribution in [3.8, 4) is 11.1 Å². The van der Waals surface area contributed by atoms with Crippen molar-refractivity contribution >= 4 is 39.1 Å². The van der Waals surface area contributed by atoms with Crippen LogP contribution in [0.5, 0.6) is 0 Å². The summed E-state index contributed by atoms with van der Waals surface area (Å²) >= 11 is 0.690. The van der Waals surface area contributed by atoms with E-state index in [1.54, 1.807) is 23.9 Å². The van der Waals surface area contributed by atoms with E-state index in [9.17, 15) is 22.8 Å². The SMILES string of the molecule is CCn1cc(-c2cc(C(F)(F)F)nc3sc(C(N)=O)c(NC(=O)c4ccc(CN5CCCCC5)o4)c23)c(C)n1. The molecular formula is C26H27F3N6O3S. The fraction of sp³-hybridized carbons (Fsp3) is 0.385. The van der Waals surface area contributed by atoms with Gasteiger partial charge in [-0.1, -0.05) is 6.42 Å². The van der Waals surface area contributed by atoms with Gasteiger partial charge in [-0.05, 0) is 63.5 Å². The van der Waals surface area contributed by atoms with Crippen LogP contribution in [0, 0.1) is 6.92 Å². The van der Waals surface area contributed by atoms with Crippen LogP contribution in [0.3, 0.4) is 0 Å². The zero-order valence-corrected chi connectivity index (χ0v) is 22.2. The number of hydrogen-bond donors (Lipinski definition) is 2. The molecule has 5 rings (SSSR count). The molecule has 1 aliphatic rings. The van der Waals surface area contributed by atoms with Gasteiger partial charge in [-0.25, -0.2) is 4.98 Å². The van der Waals surface area contributed by atoms with Crippen LogP contribution in [-0.4, -0.2) is 44.6 Å². The molecule has 0 bridgehead atoms. The molecule has 4 aromatic heterocycles. The third-order valence-electron chi connectivity index (χ3n) is 6.69. The zero-order valence-electron chi connectivity index (χ0n) is 21.4. The highest BCUT2D eigenvalue weighted by atomic mass is 32.1. The topological polar surface area (TPSA) is 119 Å². The number of primary amides is 1. The number of nitrogens with zero attached hydrogens (tertiary/aromatic N) is 4. The summed E-state index contributed by atoms with van der Waals surface area (Å²) in [4.78, 5) is 31.4. The van der Waals surface area contributed by atoms with Gasteiger partial charge in [-0.15, -0.1) is 11.3 Å². The number of anilines is 1. The van der Waals surface area contributed by atoms with Crippen molar-refractivity contribution in [3.05, 3.63) is 52.2 Å². The molecule has 9 nitrogen and oxygen atoms in total. The van der Waals surface area contributed by atoms with Crippen molar-refractivity contribution in [1.82, 2.24) is 19.7 Å². The van der Waals surface area contributed by atoms with E-state index in [-0.39, 0.29) is 32.1 Å². The van der Waals surface area contributed by atoms with Crippen molar-refractivity contribution < 1.29 is 27.2 Å². The lowest BCUT2D eigenvalue weighted by Gasteiger charge is -2.25. The van der Waals surface area contributed by atoms with Gasteiger partial charge in [-0.3, -0.25) is 19.2 Å². The first-order valence-electron chi connectivity index (χ1n) is 12.6. The largest absolute Gasteiger partial charge is 0.455 e. The number of furan rings is 1. The van der Waals surface area contributed by atoms with Gasteiger partial charge in [-0.2, -0.15) is 18.3 Å². The summed E-state index contributed by atoms with van der Waals surface area (Å²) in [5.74, 6) is -0.937. The third kappa shape index (κ3) is 5.41. The predicted molar refractivity (Wildman–Crippen MR) is 141 cm³/mol. The zero-order chi connectivity index (χ0) is 27.9. The van der Waals surface area contributed by atoms with Crippen molar-refractivity contribution in [3.63, 3.8) is 0 Å². The van der Waals surface area contributed by atoms with E-state index < -0.39 is 23.7 Å². The Morgan fingerprint density at radius 2 is 1.92 bits per heavy atom. The maximum atomic E-state index is 13.8. The van der Waals surface area contributed by atoms with Gasteiger partial charge in [0, 0.05) is 23.7 Å². The molecule has 3 N–H and O–H groups in total. The number of rotatable bonds is 7. The van der Waals surface area contributed by atoms with E-state index in [4.69, 9.17) is 10.2 Å². The summed E-state index contributed by atoms with van der Waals surface area (Å²) in [6.45, 7) is 6.50. The van der Waals surface area contributed by atoms with E-state index in [1.165, 1.54) is 12.5 Å². The number of hydrogen-bond acceptors (Lipinski definition) is 7. The molecule has 206 valence electrons. The number of piperidine rings is 1. The van der Waals surface area contributed by atoms with Gasteiger partial charge in [0.1, 0.15) is 21.2 Å². The second-order valence-electron chi connectivity index (χ2n) is 9.44. The standard InChI is InChI=1S/C26H27F3N6O3S/c1-3-35-13-17(14(2)33-35)16-11-19(26(27,28)29)31-25-20(16)21(22(39-25)23(30)36)32-24(37)18-8-7-15(38-18)12-34-9-5-4-6-10-34/h7-8,11,13H,3-6,9-10,12H2,1-2H3,(H2,30,36)(H,32,37). The highest BCUT2D eigenvalue weighted by Crippen LogP contribution is 2.44. The normalized spacial score (nSPS) is 14.7. The van der Waals surface area contributed by atoms with E-state index in [2.05, 4.69) is 20.3 Å². The average Bonchev–Trinajstić information content (AvgIpc) is 3.61. The lowest BCUT2D eigenvalue weighted by atomic mass is 10.0. The van der Waals surface area contributed by atoms with Crippen LogP contribution in [0.15, 0.2) is 28.8 Å². The lowest BCUT2D eigenvalue weighted by Crippen LogP contribution is -2.28. The highest BCUT2D eigenvalue weighted by molar-refractivity contribution is 7.21. The van der Waals surface area contributed by atoms with Crippen LogP contribution in [0.1, 0.15) is 63.6 Å². The monoisotopic (exact) mass is 560 g/mol. The molecule has 13 heteroatoms. The molecule has 0 radical (unpaired) electrons. The van der Waals surface area contributed by atoms with E-state index >= 15 is 0 Å². The lowest BCUT2D eigenvalue weighted by molar-refractivity contribution is -0.140. The molecule has 0 spiro atoms. The minimum Gasteiger partial charge on any atom is -0.455 e. The fourth-order valence-electron chi connectivity index (χ4n) is 4.79. The highest BCUT2D eigenvalue weighted by Gasteiger charge is 2.35. The number of thiophene rings is 1. The van der Waals surface area contributed by atoms with Crippen LogP contribution < -0.4 is 11.1 Å². The first-order chi connectivity index (χ1) is 18.5. The molecule has 0 saturated carbocycles. The molecule has 0 aromatic carbocycles. The van der Waals surface area contributed by atoms with Crippen LogP contribution in [-0.2, 0) is 19.3 Å². The van der Waals surface area contributed by atoms with Gasteiger partial charge in [0.05, 0.1) is 17.9 Å². The predicted octanol–water partition coefficient (Wildman–Crippen LogP) is 5.44. The fourth-order valence-corrected chi connectivity index (χ4v) is 5.80. The first-order valence-corrected chi connectivity index (χ1v) is 13.4. The van der Waals surface area contributed by atoms with Gasteiger partial charge in [0.25, 0.3) is 11.8 Å². The Morgan fingerprint density at radius 1 is 1.18 bits per heavy atom. The number of aryl methyl sites for hydroxylation is 2. The van der Waals surface area contributed by atoms with Crippen LogP contribution in [0.2, 0.25) is 0 Å².